The Labute approximate surface area is 142 Å². The van der Waals surface area contributed by atoms with Gasteiger partial charge >= 0.3 is 0 Å². The van der Waals surface area contributed by atoms with Crippen molar-refractivity contribution in [3.05, 3.63) is 40.3 Å². The Hall–Kier alpha value is -2.19. The fourth-order valence-corrected chi connectivity index (χ4v) is 3.73. The lowest BCUT2D eigenvalue weighted by atomic mass is 10.2. The largest absolute Gasteiger partial charge is 0.305 e. The molecule has 0 bridgehead atoms. The van der Waals surface area contributed by atoms with Gasteiger partial charge in [0.1, 0.15) is 11.3 Å². The zero-order valence-electron chi connectivity index (χ0n) is 13.1. The van der Waals surface area contributed by atoms with Crippen molar-refractivity contribution in [2.24, 2.45) is 7.05 Å². The number of H-pyrrole nitrogens is 1. The molecule has 7 nitrogen and oxygen atoms in total. The first-order valence-corrected chi connectivity index (χ1v) is 9.63. The Morgan fingerprint density at radius 2 is 2.00 bits per heavy atom. The van der Waals surface area contributed by atoms with Crippen LogP contribution >= 0.6 is 10.7 Å². The van der Waals surface area contributed by atoms with Crippen molar-refractivity contribution < 1.29 is 8.42 Å². The van der Waals surface area contributed by atoms with Gasteiger partial charge in [-0.1, -0.05) is 25.5 Å². The molecule has 0 amide bonds. The molecule has 0 saturated carbocycles. The Morgan fingerprint density at radius 3 is 2.67 bits per heavy atom. The van der Waals surface area contributed by atoms with E-state index >= 15 is 0 Å². The molecule has 9 heteroatoms. The average molecular weight is 367 g/mol. The third-order valence-electron chi connectivity index (χ3n) is 3.65. The maximum atomic E-state index is 12.4. The van der Waals surface area contributed by atoms with Crippen molar-refractivity contribution in [1.82, 2.24) is 19.7 Å². The Bertz CT molecular complexity index is 1090. The number of nitrogens with one attached hydrogen (secondary N) is 1. The minimum Gasteiger partial charge on any atom is -0.305 e. The third kappa shape index (κ3) is 2.83. The second-order valence-corrected chi connectivity index (χ2v) is 7.90. The standard InChI is InChI=1S/C15H15ClN4O3S/c1-3-6-10-12-13(20(2)19-10)15(21)18-14(17-12)9-7-4-5-8-11(9)24(16,22)23/h4-5,7-8H,3,6H2,1-2H3,(H,17,18,21). The summed E-state index contributed by atoms with van der Waals surface area (Å²) in [6.45, 7) is 2.00. The lowest BCUT2D eigenvalue weighted by molar-refractivity contribution is 0.610. The summed E-state index contributed by atoms with van der Waals surface area (Å²) in [4.78, 5) is 19.4. The minimum absolute atomic E-state index is 0.102. The van der Waals surface area contributed by atoms with Crippen molar-refractivity contribution >= 4 is 30.8 Å². The lowest BCUT2D eigenvalue weighted by Gasteiger charge is -2.06. The van der Waals surface area contributed by atoms with E-state index < -0.39 is 9.05 Å². The van der Waals surface area contributed by atoms with E-state index in [-0.39, 0.29) is 21.8 Å². The summed E-state index contributed by atoms with van der Waals surface area (Å²) in [7, 11) is 3.20. The Kier molecular flexibility index (Phi) is 4.18. The van der Waals surface area contributed by atoms with Gasteiger partial charge in [0, 0.05) is 23.3 Å². The number of benzene rings is 1. The predicted molar refractivity (Wildman–Crippen MR) is 91.6 cm³/mol. The van der Waals surface area contributed by atoms with Crippen molar-refractivity contribution in [3.8, 4) is 11.4 Å². The summed E-state index contributed by atoms with van der Waals surface area (Å²) in [5.74, 6) is 0.151. The van der Waals surface area contributed by atoms with Crippen LogP contribution in [-0.2, 0) is 22.5 Å². The quantitative estimate of drug-likeness (QED) is 0.714. The highest BCUT2D eigenvalue weighted by molar-refractivity contribution is 8.13. The molecular weight excluding hydrogens is 352 g/mol. The highest BCUT2D eigenvalue weighted by Gasteiger charge is 2.20. The van der Waals surface area contributed by atoms with Crippen LogP contribution in [-0.4, -0.2) is 28.2 Å². The first kappa shape index (κ1) is 16.7. The fraction of sp³-hybridized carbons (Fsp3) is 0.267. The van der Waals surface area contributed by atoms with Crippen LogP contribution in [0.15, 0.2) is 34.0 Å². The van der Waals surface area contributed by atoms with Gasteiger partial charge in [-0.05, 0) is 18.6 Å². The zero-order chi connectivity index (χ0) is 17.5. The molecule has 126 valence electrons. The van der Waals surface area contributed by atoms with E-state index in [1.165, 1.54) is 10.7 Å². The number of fused-ring (bicyclic) bond motifs is 1. The number of rotatable bonds is 4. The average Bonchev–Trinajstić information content (AvgIpc) is 2.83. The van der Waals surface area contributed by atoms with Crippen molar-refractivity contribution in [2.45, 2.75) is 24.7 Å². The number of hydrogen-bond donors (Lipinski definition) is 1. The van der Waals surface area contributed by atoms with Crippen LogP contribution in [0.4, 0.5) is 0 Å². The van der Waals surface area contributed by atoms with E-state index in [0.29, 0.717) is 23.1 Å². The van der Waals surface area contributed by atoms with Crippen LogP contribution in [0.2, 0.25) is 0 Å². The number of hydrogen-bond acceptors (Lipinski definition) is 5. The number of aryl methyl sites for hydroxylation is 2. The van der Waals surface area contributed by atoms with Crippen LogP contribution < -0.4 is 5.56 Å². The summed E-state index contributed by atoms with van der Waals surface area (Å²) in [5.41, 5.74) is 1.40. The molecule has 1 aromatic carbocycles. The second kappa shape index (κ2) is 6.03. The van der Waals surface area contributed by atoms with E-state index in [4.69, 9.17) is 10.7 Å². The minimum atomic E-state index is -3.97. The molecule has 2 heterocycles. The van der Waals surface area contributed by atoms with Crippen molar-refractivity contribution in [3.63, 3.8) is 0 Å². The van der Waals surface area contributed by atoms with Crippen molar-refractivity contribution in [2.75, 3.05) is 0 Å². The molecule has 0 unspecified atom stereocenters. The molecule has 0 saturated heterocycles. The van der Waals surface area contributed by atoms with E-state index in [1.807, 2.05) is 6.92 Å². The molecule has 0 aliphatic carbocycles. The summed E-state index contributed by atoms with van der Waals surface area (Å²) < 4.78 is 25.0. The zero-order valence-corrected chi connectivity index (χ0v) is 14.6. The number of nitrogens with zero attached hydrogens (tertiary/aromatic N) is 3. The molecule has 0 atom stereocenters. The molecular formula is C15H15ClN4O3S. The molecule has 1 N–H and O–H groups in total. The first-order chi connectivity index (χ1) is 11.3. The molecule has 24 heavy (non-hydrogen) atoms. The predicted octanol–water partition coefficient (Wildman–Crippen LogP) is 2.20. The molecule has 0 fully saturated rings. The maximum absolute atomic E-state index is 12.4. The van der Waals surface area contributed by atoms with Crippen molar-refractivity contribution in [1.29, 1.82) is 0 Å². The second-order valence-electron chi connectivity index (χ2n) is 5.37. The van der Waals surface area contributed by atoms with Gasteiger partial charge in [-0.2, -0.15) is 5.10 Å². The highest BCUT2D eigenvalue weighted by atomic mass is 35.7. The molecule has 0 aliphatic rings. The van der Waals surface area contributed by atoms with E-state index in [0.717, 1.165) is 6.42 Å². The highest BCUT2D eigenvalue weighted by Crippen LogP contribution is 2.27. The van der Waals surface area contributed by atoms with Gasteiger partial charge in [0.25, 0.3) is 14.6 Å². The maximum Gasteiger partial charge on any atom is 0.277 e. The normalized spacial score (nSPS) is 12.0. The molecule has 0 aliphatic heterocycles. The topological polar surface area (TPSA) is 97.7 Å². The molecule has 3 rings (SSSR count). The number of halogens is 1. The molecule has 0 radical (unpaired) electrons. The smallest absolute Gasteiger partial charge is 0.277 e. The van der Waals surface area contributed by atoms with Gasteiger partial charge in [0.05, 0.1) is 10.6 Å². The van der Waals surface area contributed by atoms with Gasteiger partial charge in [-0.25, -0.2) is 13.4 Å². The third-order valence-corrected chi connectivity index (χ3v) is 5.03. The van der Waals surface area contributed by atoms with E-state index in [1.54, 1.807) is 25.2 Å². The number of aromatic nitrogens is 4. The van der Waals surface area contributed by atoms with Gasteiger partial charge in [-0.15, -0.1) is 0 Å². The monoisotopic (exact) mass is 366 g/mol. The molecule has 3 aromatic rings. The van der Waals surface area contributed by atoms with Crippen LogP contribution in [0.25, 0.3) is 22.4 Å². The Morgan fingerprint density at radius 1 is 1.29 bits per heavy atom. The van der Waals surface area contributed by atoms with Crippen LogP contribution in [0.5, 0.6) is 0 Å². The Balaban J connectivity index is 2.34. The summed E-state index contributed by atoms with van der Waals surface area (Å²) in [6.07, 6.45) is 1.52. The van der Waals surface area contributed by atoms with E-state index in [2.05, 4.69) is 15.1 Å². The summed E-state index contributed by atoms with van der Waals surface area (Å²) in [6, 6.07) is 6.14. The SMILES string of the molecule is CCCc1nn(C)c2c(=O)[nH]c(-c3ccccc3S(=O)(=O)Cl)nc12. The van der Waals surface area contributed by atoms with Crippen LogP contribution in [0, 0.1) is 0 Å². The first-order valence-electron chi connectivity index (χ1n) is 7.33. The number of aromatic amines is 1. The van der Waals surface area contributed by atoms with Gasteiger partial charge in [0.2, 0.25) is 0 Å². The van der Waals surface area contributed by atoms with Crippen LogP contribution in [0.3, 0.4) is 0 Å². The summed E-state index contributed by atoms with van der Waals surface area (Å²) >= 11 is 0. The van der Waals surface area contributed by atoms with Gasteiger partial charge < -0.3 is 4.98 Å². The van der Waals surface area contributed by atoms with Gasteiger partial charge in [0.15, 0.2) is 5.52 Å². The fourth-order valence-electron chi connectivity index (χ4n) is 2.65. The van der Waals surface area contributed by atoms with E-state index in [9.17, 15) is 13.2 Å². The molecule has 0 spiro atoms. The molecule has 2 aromatic heterocycles. The lowest BCUT2D eigenvalue weighted by Crippen LogP contribution is -2.13. The van der Waals surface area contributed by atoms with Crippen LogP contribution in [0.1, 0.15) is 19.0 Å². The van der Waals surface area contributed by atoms with Gasteiger partial charge in [-0.3, -0.25) is 9.48 Å². The summed E-state index contributed by atoms with van der Waals surface area (Å²) in [5, 5.41) is 4.34.